The fourth-order valence-electron chi connectivity index (χ4n) is 2.75. The Bertz CT molecular complexity index is 915. The van der Waals surface area contributed by atoms with Crippen molar-refractivity contribution in [2.24, 2.45) is 0 Å². The largest absolute Gasteiger partial charge is 0.495 e. The van der Waals surface area contributed by atoms with Gasteiger partial charge in [0.25, 0.3) is 5.91 Å². The summed E-state index contributed by atoms with van der Waals surface area (Å²) >= 11 is 1.43. The molecule has 1 N–H and O–H groups in total. The van der Waals surface area contributed by atoms with Crippen molar-refractivity contribution in [1.29, 1.82) is 0 Å². The number of fused-ring (bicyclic) bond motifs is 1. The molecule has 28 heavy (non-hydrogen) atoms. The number of benzene rings is 2. The zero-order chi connectivity index (χ0) is 20.1. The average molecular weight is 400 g/mol. The van der Waals surface area contributed by atoms with Crippen LogP contribution in [0.1, 0.15) is 5.56 Å². The number of amides is 2. The Kier molecular flexibility index (Phi) is 6.20. The van der Waals surface area contributed by atoms with Crippen molar-refractivity contribution in [3.8, 4) is 5.75 Å². The maximum absolute atomic E-state index is 12.2. The molecule has 146 valence electrons. The van der Waals surface area contributed by atoms with Crippen molar-refractivity contribution in [3.05, 3.63) is 48.0 Å². The summed E-state index contributed by atoms with van der Waals surface area (Å²) in [6.45, 7) is 1.20. The molecule has 1 aliphatic heterocycles. The summed E-state index contributed by atoms with van der Waals surface area (Å²) in [7, 11) is 1.51. The summed E-state index contributed by atoms with van der Waals surface area (Å²) < 4.78 is 10.3. The molecule has 8 heteroatoms. The first-order valence-electron chi connectivity index (χ1n) is 8.60. The number of carbonyl (C=O) groups excluding carboxylic acids is 3. The number of ether oxygens (including phenoxy) is 2. The molecule has 2 aromatic carbocycles. The van der Waals surface area contributed by atoms with E-state index in [9.17, 15) is 14.4 Å². The highest BCUT2D eigenvalue weighted by molar-refractivity contribution is 8.00. The van der Waals surface area contributed by atoms with E-state index >= 15 is 0 Å². The topological polar surface area (TPSA) is 84.9 Å². The van der Waals surface area contributed by atoms with E-state index in [0.717, 1.165) is 10.5 Å². The Morgan fingerprint density at radius 2 is 2.00 bits per heavy atom. The van der Waals surface area contributed by atoms with Gasteiger partial charge in [-0.25, -0.2) is 0 Å². The molecule has 3 rings (SSSR count). The molecular weight excluding hydrogens is 380 g/mol. The number of methoxy groups -OCH3 is 1. The van der Waals surface area contributed by atoms with E-state index in [1.165, 1.54) is 23.8 Å². The number of thioether (sulfide) groups is 1. The van der Waals surface area contributed by atoms with Gasteiger partial charge in [0.2, 0.25) is 5.91 Å². The zero-order valence-corrected chi connectivity index (χ0v) is 16.4. The molecule has 0 aliphatic carbocycles. The molecule has 0 unspecified atom stereocenters. The van der Waals surface area contributed by atoms with Gasteiger partial charge in [-0.15, -0.1) is 11.8 Å². The van der Waals surface area contributed by atoms with Crippen LogP contribution in [-0.4, -0.2) is 43.8 Å². The van der Waals surface area contributed by atoms with Crippen LogP contribution in [0.2, 0.25) is 0 Å². The van der Waals surface area contributed by atoms with Gasteiger partial charge in [-0.1, -0.05) is 18.2 Å². The van der Waals surface area contributed by atoms with Gasteiger partial charge in [-0.05, 0) is 36.8 Å². The average Bonchev–Trinajstić information content (AvgIpc) is 2.69. The maximum Gasteiger partial charge on any atom is 0.326 e. The van der Waals surface area contributed by atoms with E-state index in [-0.39, 0.29) is 18.2 Å². The van der Waals surface area contributed by atoms with Crippen LogP contribution in [0.4, 0.5) is 11.4 Å². The molecule has 2 aromatic rings. The van der Waals surface area contributed by atoms with Gasteiger partial charge in [0.05, 0.1) is 24.2 Å². The molecular formula is C20H20N2O5S. The molecule has 1 heterocycles. The number of rotatable bonds is 6. The van der Waals surface area contributed by atoms with Gasteiger partial charge in [-0.2, -0.15) is 0 Å². The van der Waals surface area contributed by atoms with Gasteiger partial charge >= 0.3 is 5.97 Å². The van der Waals surface area contributed by atoms with Crippen LogP contribution in [0, 0.1) is 6.92 Å². The van der Waals surface area contributed by atoms with E-state index in [0.29, 0.717) is 17.1 Å². The number of nitrogens with zero attached hydrogens (tertiary/aromatic N) is 1. The van der Waals surface area contributed by atoms with Gasteiger partial charge in [-0.3, -0.25) is 19.3 Å². The minimum atomic E-state index is -0.651. The molecule has 1 aliphatic rings. The van der Waals surface area contributed by atoms with E-state index < -0.39 is 18.5 Å². The zero-order valence-electron chi connectivity index (χ0n) is 15.6. The van der Waals surface area contributed by atoms with Crippen LogP contribution in [0.15, 0.2) is 47.4 Å². The smallest absolute Gasteiger partial charge is 0.326 e. The summed E-state index contributed by atoms with van der Waals surface area (Å²) in [5.74, 6) is -0.537. The number of hydrogen-bond acceptors (Lipinski definition) is 6. The Labute approximate surface area is 167 Å². The lowest BCUT2D eigenvalue weighted by Gasteiger charge is -2.27. The number of carbonyl (C=O) groups is 3. The quantitative estimate of drug-likeness (QED) is 0.751. The molecule has 0 atom stereocenters. The predicted molar refractivity (Wildman–Crippen MR) is 107 cm³/mol. The highest BCUT2D eigenvalue weighted by atomic mass is 32.2. The summed E-state index contributed by atoms with van der Waals surface area (Å²) in [6.07, 6.45) is 0. The molecule has 0 aromatic heterocycles. The Balaban J connectivity index is 1.57. The number of nitrogens with one attached hydrogen (secondary N) is 1. The normalized spacial score (nSPS) is 12.9. The number of para-hydroxylation sites is 1. The van der Waals surface area contributed by atoms with E-state index in [1.807, 2.05) is 25.1 Å². The van der Waals surface area contributed by atoms with Crippen molar-refractivity contribution in [2.75, 3.05) is 36.2 Å². The molecule has 7 nitrogen and oxygen atoms in total. The lowest BCUT2D eigenvalue weighted by molar-refractivity contribution is -0.146. The Morgan fingerprint density at radius 3 is 2.79 bits per heavy atom. The minimum absolute atomic E-state index is 0.172. The second kappa shape index (κ2) is 8.79. The fraction of sp³-hybridized carbons (Fsp3) is 0.250. The van der Waals surface area contributed by atoms with Crippen LogP contribution in [0.5, 0.6) is 5.75 Å². The SMILES string of the molecule is COc1ccc(C)cc1NC(=O)COC(=O)CN1C(=O)CSc2ccccc21. The maximum atomic E-state index is 12.2. The molecule has 0 radical (unpaired) electrons. The summed E-state index contributed by atoms with van der Waals surface area (Å²) in [6, 6.07) is 12.7. The third kappa shape index (κ3) is 4.64. The number of anilines is 2. The van der Waals surface area contributed by atoms with Crippen molar-refractivity contribution < 1.29 is 23.9 Å². The first-order chi connectivity index (χ1) is 13.5. The number of hydrogen-bond donors (Lipinski definition) is 1. The lowest BCUT2D eigenvalue weighted by Crippen LogP contribution is -2.40. The molecule has 2 amide bonds. The van der Waals surface area contributed by atoms with Crippen molar-refractivity contribution >= 4 is 40.9 Å². The van der Waals surface area contributed by atoms with Gasteiger partial charge in [0.1, 0.15) is 12.3 Å². The first-order valence-corrected chi connectivity index (χ1v) is 9.59. The third-order valence-corrected chi connectivity index (χ3v) is 5.14. The fourth-order valence-corrected chi connectivity index (χ4v) is 3.69. The lowest BCUT2D eigenvalue weighted by atomic mass is 10.2. The van der Waals surface area contributed by atoms with Crippen molar-refractivity contribution in [3.63, 3.8) is 0 Å². The molecule has 0 fully saturated rings. The molecule has 0 spiro atoms. The van der Waals surface area contributed by atoms with Crippen molar-refractivity contribution in [2.45, 2.75) is 11.8 Å². The first kappa shape index (κ1) is 19.8. The van der Waals surface area contributed by atoms with Crippen LogP contribution >= 0.6 is 11.8 Å². The second-order valence-corrected chi connectivity index (χ2v) is 7.17. The highest BCUT2D eigenvalue weighted by Crippen LogP contribution is 2.34. The van der Waals surface area contributed by atoms with E-state index in [2.05, 4.69) is 5.32 Å². The highest BCUT2D eigenvalue weighted by Gasteiger charge is 2.27. The van der Waals surface area contributed by atoms with Gasteiger partial charge in [0, 0.05) is 4.90 Å². The minimum Gasteiger partial charge on any atom is -0.495 e. The Hall–Kier alpha value is -3.00. The van der Waals surface area contributed by atoms with Crippen LogP contribution < -0.4 is 15.0 Å². The molecule has 0 saturated heterocycles. The van der Waals surface area contributed by atoms with Gasteiger partial charge < -0.3 is 14.8 Å². The third-order valence-electron chi connectivity index (χ3n) is 4.09. The van der Waals surface area contributed by atoms with Crippen LogP contribution in [0.3, 0.4) is 0 Å². The molecule has 0 bridgehead atoms. The second-order valence-electron chi connectivity index (χ2n) is 6.15. The monoisotopic (exact) mass is 400 g/mol. The standard InChI is InChI=1S/C20H20N2O5S/c1-13-7-8-16(26-2)14(9-13)21-18(23)11-27-20(25)10-22-15-5-3-4-6-17(15)28-12-19(22)24/h3-9H,10-12H2,1-2H3,(H,21,23). The predicted octanol–water partition coefficient (Wildman–Crippen LogP) is 2.62. The van der Waals surface area contributed by atoms with E-state index in [1.54, 1.807) is 24.3 Å². The summed E-state index contributed by atoms with van der Waals surface area (Å²) in [5.41, 5.74) is 2.13. The van der Waals surface area contributed by atoms with Gasteiger partial charge in [0.15, 0.2) is 6.61 Å². The molecule has 0 saturated carbocycles. The van der Waals surface area contributed by atoms with Crippen molar-refractivity contribution in [1.82, 2.24) is 0 Å². The van der Waals surface area contributed by atoms with E-state index in [4.69, 9.17) is 9.47 Å². The Morgan fingerprint density at radius 1 is 1.21 bits per heavy atom. The number of esters is 1. The van der Waals surface area contributed by atoms with Crippen LogP contribution in [-0.2, 0) is 19.1 Å². The summed E-state index contributed by atoms with van der Waals surface area (Å²) in [5, 5.41) is 2.66. The van der Waals surface area contributed by atoms with Crippen LogP contribution in [0.25, 0.3) is 0 Å². The summed E-state index contributed by atoms with van der Waals surface area (Å²) in [4.78, 5) is 38.8. The number of aryl methyl sites for hydroxylation is 1.